The summed E-state index contributed by atoms with van der Waals surface area (Å²) in [7, 11) is 0. The Morgan fingerprint density at radius 3 is 2.58 bits per heavy atom. The van der Waals surface area contributed by atoms with E-state index in [4.69, 9.17) is 0 Å². The maximum atomic E-state index is 12.5. The summed E-state index contributed by atoms with van der Waals surface area (Å²) >= 11 is 0. The molecule has 0 N–H and O–H groups in total. The summed E-state index contributed by atoms with van der Waals surface area (Å²) in [6.45, 7) is 0.587. The Labute approximate surface area is 140 Å². The quantitative estimate of drug-likeness (QED) is 0.461. The molecule has 5 heteroatoms. The number of benzene rings is 2. The van der Waals surface area contributed by atoms with E-state index in [0.717, 1.165) is 18.4 Å². The second kappa shape index (κ2) is 7.08. The lowest BCUT2D eigenvalue weighted by atomic mass is 10.1. The lowest BCUT2D eigenvalue weighted by Crippen LogP contribution is -2.31. The Morgan fingerprint density at radius 1 is 1.17 bits per heavy atom. The summed E-state index contributed by atoms with van der Waals surface area (Å²) in [6.07, 6.45) is 5.20. The fraction of sp³-hybridized carbons (Fsp3) is 0.211. The van der Waals surface area contributed by atoms with Crippen LogP contribution in [0, 0.1) is 10.1 Å². The molecule has 0 bridgehead atoms. The van der Waals surface area contributed by atoms with Crippen molar-refractivity contribution in [3.05, 3.63) is 81.9 Å². The highest BCUT2D eigenvalue weighted by molar-refractivity contribution is 5.92. The van der Waals surface area contributed by atoms with Crippen molar-refractivity contribution in [3.8, 4) is 0 Å². The van der Waals surface area contributed by atoms with Gasteiger partial charge < -0.3 is 4.90 Å². The van der Waals surface area contributed by atoms with Crippen LogP contribution in [0.15, 0.2) is 60.7 Å². The topological polar surface area (TPSA) is 63.4 Å². The normalized spacial score (nSPS) is 13.8. The van der Waals surface area contributed by atoms with E-state index in [1.165, 1.54) is 18.2 Å². The second-order valence-electron chi connectivity index (χ2n) is 5.87. The SMILES string of the molecule is O=C(/C=C/c1cccc([N+](=O)[O-])c1)N(Cc1ccccc1)C1CC1. The molecule has 1 aliphatic rings. The number of hydrogen-bond donors (Lipinski definition) is 0. The molecule has 1 aliphatic carbocycles. The molecular weight excluding hydrogens is 304 g/mol. The molecule has 2 aromatic carbocycles. The second-order valence-corrected chi connectivity index (χ2v) is 5.87. The lowest BCUT2D eigenvalue weighted by Gasteiger charge is -2.21. The number of rotatable bonds is 6. The van der Waals surface area contributed by atoms with Gasteiger partial charge in [0.05, 0.1) is 4.92 Å². The van der Waals surface area contributed by atoms with E-state index in [0.29, 0.717) is 18.2 Å². The number of carbonyl (C=O) groups is 1. The van der Waals surface area contributed by atoms with E-state index in [9.17, 15) is 14.9 Å². The van der Waals surface area contributed by atoms with Gasteiger partial charge in [-0.25, -0.2) is 0 Å². The van der Waals surface area contributed by atoms with E-state index >= 15 is 0 Å². The molecule has 3 rings (SSSR count). The Balaban J connectivity index is 1.71. The average Bonchev–Trinajstić information content (AvgIpc) is 3.43. The van der Waals surface area contributed by atoms with Crippen molar-refractivity contribution in [2.45, 2.75) is 25.4 Å². The number of non-ortho nitro benzene ring substituents is 1. The average molecular weight is 322 g/mol. The standard InChI is InChI=1S/C19H18N2O3/c22-19(12-9-15-7-4-8-18(13-15)21(23)24)20(17-10-11-17)14-16-5-2-1-3-6-16/h1-9,12-13,17H,10-11,14H2/b12-9+. The van der Waals surface area contributed by atoms with Crippen molar-refractivity contribution < 1.29 is 9.72 Å². The van der Waals surface area contributed by atoms with Gasteiger partial charge in [-0.15, -0.1) is 0 Å². The monoisotopic (exact) mass is 322 g/mol. The van der Waals surface area contributed by atoms with Gasteiger partial charge in [-0.1, -0.05) is 42.5 Å². The molecule has 0 heterocycles. The number of nitrogens with zero attached hydrogens (tertiary/aromatic N) is 2. The number of nitro groups is 1. The lowest BCUT2D eigenvalue weighted by molar-refractivity contribution is -0.384. The fourth-order valence-electron chi connectivity index (χ4n) is 2.56. The van der Waals surface area contributed by atoms with Crippen LogP contribution >= 0.6 is 0 Å². The predicted octanol–water partition coefficient (Wildman–Crippen LogP) is 3.80. The summed E-state index contributed by atoms with van der Waals surface area (Å²) < 4.78 is 0. The molecule has 24 heavy (non-hydrogen) atoms. The van der Waals surface area contributed by atoms with Crippen LogP contribution in [0.5, 0.6) is 0 Å². The van der Waals surface area contributed by atoms with Gasteiger partial charge in [0.2, 0.25) is 5.91 Å². The first-order chi connectivity index (χ1) is 11.6. The zero-order valence-corrected chi connectivity index (χ0v) is 13.2. The highest BCUT2D eigenvalue weighted by Crippen LogP contribution is 2.28. The maximum absolute atomic E-state index is 12.5. The van der Waals surface area contributed by atoms with Crippen molar-refractivity contribution in [1.29, 1.82) is 0 Å². The first kappa shape index (κ1) is 15.9. The zero-order valence-electron chi connectivity index (χ0n) is 13.2. The van der Waals surface area contributed by atoms with Gasteiger partial charge >= 0.3 is 0 Å². The number of hydrogen-bond acceptors (Lipinski definition) is 3. The van der Waals surface area contributed by atoms with Crippen molar-refractivity contribution >= 4 is 17.7 Å². The summed E-state index contributed by atoms with van der Waals surface area (Å²) in [5, 5.41) is 10.8. The maximum Gasteiger partial charge on any atom is 0.270 e. The molecule has 0 radical (unpaired) electrons. The molecule has 0 spiro atoms. The van der Waals surface area contributed by atoms with E-state index in [2.05, 4.69) is 0 Å². The molecular formula is C19H18N2O3. The van der Waals surface area contributed by atoms with Gasteiger partial charge in [-0.2, -0.15) is 0 Å². The minimum atomic E-state index is -0.439. The summed E-state index contributed by atoms with van der Waals surface area (Å²) in [5.41, 5.74) is 1.77. The van der Waals surface area contributed by atoms with Crippen LogP contribution in [0.3, 0.4) is 0 Å². The Hall–Kier alpha value is -2.95. The van der Waals surface area contributed by atoms with Crippen LogP contribution in [0.25, 0.3) is 6.08 Å². The smallest absolute Gasteiger partial charge is 0.270 e. The van der Waals surface area contributed by atoms with Crippen LogP contribution in [0.4, 0.5) is 5.69 Å². The van der Waals surface area contributed by atoms with Crippen molar-refractivity contribution in [2.75, 3.05) is 0 Å². The van der Waals surface area contributed by atoms with E-state index < -0.39 is 4.92 Å². The largest absolute Gasteiger partial charge is 0.332 e. The summed E-state index contributed by atoms with van der Waals surface area (Å²) in [6, 6.07) is 16.4. The molecule has 122 valence electrons. The first-order valence-corrected chi connectivity index (χ1v) is 7.90. The third-order valence-corrected chi connectivity index (χ3v) is 3.97. The molecule has 5 nitrogen and oxygen atoms in total. The molecule has 0 aromatic heterocycles. The third kappa shape index (κ3) is 4.07. The number of carbonyl (C=O) groups excluding carboxylic acids is 1. The van der Waals surface area contributed by atoms with Crippen LogP contribution in [0.1, 0.15) is 24.0 Å². The van der Waals surface area contributed by atoms with Gasteiger partial charge in [-0.3, -0.25) is 14.9 Å². The summed E-state index contributed by atoms with van der Waals surface area (Å²) in [5.74, 6) is -0.0622. The van der Waals surface area contributed by atoms with E-state index in [-0.39, 0.29) is 11.6 Å². The van der Waals surface area contributed by atoms with E-state index in [1.54, 1.807) is 18.2 Å². The summed E-state index contributed by atoms with van der Waals surface area (Å²) in [4.78, 5) is 24.8. The van der Waals surface area contributed by atoms with Crippen molar-refractivity contribution in [3.63, 3.8) is 0 Å². The number of nitro benzene ring substituents is 1. The Morgan fingerprint density at radius 2 is 1.92 bits per heavy atom. The van der Waals surface area contributed by atoms with Crippen molar-refractivity contribution in [2.24, 2.45) is 0 Å². The van der Waals surface area contributed by atoms with Gasteiger partial charge in [0, 0.05) is 30.8 Å². The Kier molecular flexibility index (Phi) is 4.70. The molecule has 0 aliphatic heterocycles. The first-order valence-electron chi connectivity index (χ1n) is 7.90. The van der Waals surface area contributed by atoms with Crippen LogP contribution in [-0.2, 0) is 11.3 Å². The number of amides is 1. The molecule has 1 saturated carbocycles. The minimum Gasteiger partial charge on any atom is -0.332 e. The molecule has 1 fully saturated rings. The predicted molar refractivity (Wildman–Crippen MR) is 92.1 cm³/mol. The fourth-order valence-corrected chi connectivity index (χ4v) is 2.56. The zero-order chi connectivity index (χ0) is 16.9. The Bertz CT molecular complexity index is 767. The highest BCUT2D eigenvalue weighted by atomic mass is 16.6. The van der Waals surface area contributed by atoms with E-state index in [1.807, 2.05) is 35.2 Å². The van der Waals surface area contributed by atoms with Crippen LogP contribution in [-0.4, -0.2) is 21.8 Å². The highest BCUT2D eigenvalue weighted by Gasteiger charge is 2.31. The molecule has 0 unspecified atom stereocenters. The molecule has 0 atom stereocenters. The van der Waals surface area contributed by atoms with Gasteiger partial charge in [0.1, 0.15) is 0 Å². The molecule has 2 aromatic rings. The van der Waals surface area contributed by atoms with Gasteiger partial charge in [0.15, 0.2) is 0 Å². The third-order valence-electron chi connectivity index (χ3n) is 3.97. The van der Waals surface area contributed by atoms with Crippen LogP contribution < -0.4 is 0 Å². The van der Waals surface area contributed by atoms with Crippen molar-refractivity contribution in [1.82, 2.24) is 4.90 Å². The molecule has 1 amide bonds. The van der Waals surface area contributed by atoms with Gasteiger partial charge in [0.25, 0.3) is 5.69 Å². The van der Waals surface area contributed by atoms with Gasteiger partial charge in [-0.05, 0) is 30.0 Å². The minimum absolute atomic E-state index is 0.0212. The molecule has 0 saturated heterocycles. The van der Waals surface area contributed by atoms with Crippen LogP contribution in [0.2, 0.25) is 0 Å².